The van der Waals surface area contributed by atoms with E-state index in [2.05, 4.69) is 89.5 Å². The molecule has 30 heavy (non-hydrogen) atoms. The first-order valence-corrected chi connectivity index (χ1v) is 11.7. The van der Waals surface area contributed by atoms with Crippen LogP contribution >= 0.6 is 11.9 Å². The van der Waals surface area contributed by atoms with Crippen LogP contribution in [0.2, 0.25) is 0 Å². The molecule has 0 spiro atoms. The van der Waals surface area contributed by atoms with Gasteiger partial charge in [-0.25, -0.2) is 0 Å². The van der Waals surface area contributed by atoms with Crippen LogP contribution in [-0.2, 0) is 11.8 Å². The standard InChI is InChI=1S/C24H32N4OS/c1-24(2,3)23-26-22(27-29-23)11-6-5-7-16-25-21-10-8-9-19(17-21)18-12-14-20(15-13-18)28-30-4/h8-10,12-15,17,25,28H,5-7,11,16H2,1-4H3. The number of benzene rings is 2. The van der Waals surface area contributed by atoms with Crippen LogP contribution in [-0.4, -0.2) is 22.9 Å². The van der Waals surface area contributed by atoms with Gasteiger partial charge in [0.1, 0.15) is 0 Å². The van der Waals surface area contributed by atoms with Crippen molar-refractivity contribution < 1.29 is 4.52 Å². The number of nitrogens with one attached hydrogen (secondary N) is 2. The predicted octanol–water partition coefficient (Wildman–Crippen LogP) is 6.55. The Hall–Kier alpha value is -2.47. The second-order valence-corrected chi connectivity index (χ2v) is 9.08. The predicted molar refractivity (Wildman–Crippen MR) is 128 cm³/mol. The normalized spacial score (nSPS) is 11.5. The highest BCUT2D eigenvalue weighted by Crippen LogP contribution is 2.25. The summed E-state index contributed by atoms with van der Waals surface area (Å²) < 4.78 is 8.60. The molecular formula is C24H32N4OS. The average molecular weight is 425 g/mol. The number of aromatic nitrogens is 2. The van der Waals surface area contributed by atoms with Crippen molar-refractivity contribution in [2.45, 2.75) is 51.9 Å². The molecule has 2 N–H and O–H groups in total. The van der Waals surface area contributed by atoms with Gasteiger partial charge in [-0.05, 0) is 48.2 Å². The molecule has 2 aromatic carbocycles. The average Bonchev–Trinajstić information content (AvgIpc) is 3.21. The second-order valence-electron chi connectivity index (χ2n) is 8.47. The van der Waals surface area contributed by atoms with Gasteiger partial charge in [0.25, 0.3) is 0 Å². The summed E-state index contributed by atoms with van der Waals surface area (Å²) in [4.78, 5) is 4.50. The largest absolute Gasteiger partial charge is 0.385 e. The van der Waals surface area contributed by atoms with E-state index in [0.717, 1.165) is 49.4 Å². The highest BCUT2D eigenvalue weighted by molar-refractivity contribution is 7.99. The first-order chi connectivity index (χ1) is 14.5. The summed E-state index contributed by atoms with van der Waals surface area (Å²) in [5.41, 5.74) is 4.64. The molecule has 160 valence electrons. The van der Waals surface area contributed by atoms with Crippen LogP contribution in [0.3, 0.4) is 0 Å². The van der Waals surface area contributed by atoms with E-state index in [0.29, 0.717) is 5.89 Å². The minimum atomic E-state index is -0.0861. The Morgan fingerprint density at radius 2 is 1.73 bits per heavy atom. The minimum absolute atomic E-state index is 0.0861. The molecule has 0 atom stereocenters. The molecule has 1 heterocycles. The van der Waals surface area contributed by atoms with Gasteiger partial charge >= 0.3 is 0 Å². The van der Waals surface area contributed by atoms with Crippen molar-refractivity contribution in [2.24, 2.45) is 0 Å². The van der Waals surface area contributed by atoms with Crippen LogP contribution in [0.5, 0.6) is 0 Å². The Bertz CT molecular complexity index is 915. The maximum absolute atomic E-state index is 5.35. The number of hydrogen-bond donors (Lipinski definition) is 2. The molecule has 0 saturated heterocycles. The Kier molecular flexibility index (Phi) is 7.80. The fraction of sp³-hybridized carbons (Fsp3) is 0.417. The summed E-state index contributed by atoms with van der Waals surface area (Å²) in [7, 11) is 0. The fourth-order valence-corrected chi connectivity index (χ4v) is 3.51. The third kappa shape index (κ3) is 6.52. The molecular weight excluding hydrogens is 392 g/mol. The SMILES string of the molecule is CSNc1ccc(-c2cccc(NCCCCCc3noc(C(C)(C)C)n3)c2)cc1. The van der Waals surface area contributed by atoms with Crippen LogP contribution in [0, 0.1) is 0 Å². The Balaban J connectivity index is 1.41. The van der Waals surface area contributed by atoms with Crippen molar-refractivity contribution in [3.05, 3.63) is 60.2 Å². The van der Waals surface area contributed by atoms with Crippen molar-refractivity contribution >= 4 is 23.3 Å². The van der Waals surface area contributed by atoms with Gasteiger partial charge in [0, 0.05) is 36.0 Å². The van der Waals surface area contributed by atoms with E-state index in [1.165, 1.54) is 11.1 Å². The maximum atomic E-state index is 5.35. The van der Waals surface area contributed by atoms with Gasteiger partial charge in [-0.2, -0.15) is 4.98 Å². The van der Waals surface area contributed by atoms with Gasteiger partial charge in [0.05, 0.1) is 0 Å². The van der Waals surface area contributed by atoms with E-state index in [1.807, 2.05) is 6.26 Å². The molecule has 0 aliphatic carbocycles. The van der Waals surface area contributed by atoms with Crippen LogP contribution in [0.25, 0.3) is 11.1 Å². The lowest BCUT2D eigenvalue weighted by Gasteiger charge is -2.10. The molecule has 0 bridgehead atoms. The summed E-state index contributed by atoms with van der Waals surface area (Å²) in [6.45, 7) is 7.22. The van der Waals surface area contributed by atoms with E-state index < -0.39 is 0 Å². The summed E-state index contributed by atoms with van der Waals surface area (Å²) in [5.74, 6) is 1.54. The molecule has 1 aromatic heterocycles. The molecule has 6 heteroatoms. The minimum Gasteiger partial charge on any atom is -0.385 e. The number of hydrogen-bond acceptors (Lipinski definition) is 6. The third-order valence-corrected chi connectivity index (χ3v) is 5.26. The summed E-state index contributed by atoms with van der Waals surface area (Å²) in [6, 6.07) is 17.1. The van der Waals surface area contributed by atoms with Crippen molar-refractivity contribution in [3.8, 4) is 11.1 Å². The molecule has 0 amide bonds. The van der Waals surface area contributed by atoms with Gasteiger partial charge in [-0.3, -0.25) is 0 Å². The van der Waals surface area contributed by atoms with Crippen LogP contribution in [0.4, 0.5) is 11.4 Å². The Morgan fingerprint density at radius 3 is 2.43 bits per heavy atom. The van der Waals surface area contributed by atoms with Gasteiger partial charge in [0.15, 0.2) is 5.82 Å². The maximum Gasteiger partial charge on any atom is 0.232 e. The lowest BCUT2D eigenvalue weighted by Crippen LogP contribution is -2.11. The lowest BCUT2D eigenvalue weighted by molar-refractivity contribution is 0.318. The molecule has 0 aliphatic heterocycles. The van der Waals surface area contributed by atoms with Crippen molar-refractivity contribution in [3.63, 3.8) is 0 Å². The number of nitrogens with zero attached hydrogens (tertiary/aromatic N) is 2. The number of aryl methyl sites for hydroxylation is 1. The zero-order chi connectivity index (χ0) is 21.4. The lowest BCUT2D eigenvalue weighted by atomic mass is 9.97. The van der Waals surface area contributed by atoms with Crippen LogP contribution in [0.1, 0.15) is 51.7 Å². The van der Waals surface area contributed by atoms with Crippen LogP contribution in [0.15, 0.2) is 53.1 Å². The molecule has 0 saturated carbocycles. The van der Waals surface area contributed by atoms with Crippen LogP contribution < -0.4 is 10.0 Å². The van der Waals surface area contributed by atoms with Crippen molar-refractivity contribution in [1.82, 2.24) is 10.1 Å². The fourth-order valence-electron chi connectivity index (χ4n) is 3.14. The number of rotatable bonds is 10. The van der Waals surface area contributed by atoms with E-state index in [9.17, 15) is 0 Å². The Morgan fingerprint density at radius 1 is 0.933 bits per heavy atom. The van der Waals surface area contributed by atoms with Gasteiger partial charge in [-0.1, -0.05) is 68.6 Å². The zero-order valence-electron chi connectivity index (χ0n) is 18.4. The van der Waals surface area contributed by atoms with Gasteiger partial charge in [0.2, 0.25) is 5.89 Å². The van der Waals surface area contributed by atoms with E-state index in [-0.39, 0.29) is 5.41 Å². The molecule has 0 aliphatic rings. The number of unbranched alkanes of at least 4 members (excludes halogenated alkanes) is 2. The monoisotopic (exact) mass is 424 g/mol. The highest BCUT2D eigenvalue weighted by atomic mass is 32.2. The first-order valence-electron chi connectivity index (χ1n) is 10.5. The topological polar surface area (TPSA) is 63.0 Å². The van der Waals surface area contributed by atoms with Gasteiger partial charge in [-0.15, -0.1) is 0 Å². The number of anilines is 2. The van der Waals surface area contributed by atoms with E-state index in [4.69, 9.17) is 4.52 Å². The Labute approximate surface area is 184 Å². The van der Waals surface area contributed by atoms with E-state index in [1.54, 1.807) is 11.9 Å². The molecule has 0 radical (unpaired) electrons. The smallest absolute Gasteiger partial charge is 0.232 e. The zero-order valence-corrected chi connectivity index (χ0v) is 19.2. The summed E-state index contributed by atoms with van der Waals surface area (Å²) in [5, 5.41) is 7.64. The summed E-state index contributed by atoms with van der Waals surface area (Å²) in [6.07, 6.45) is 6.22. The molecule has 3 aromatic rings. The first kappa shape index (κ1) is 22.2. The van der Waals surface area contributed by atoms with E-state index >= 15 is 0 Å². The van der Waals surface area contributed by atoms with Crippen molar-refractivity contribution in [1.29, 1.82) is 0 Å². The molecule has 3 rings (SSSR count). The second kappa shape index (κ2) is 10.5. The third-order valence-electron chi connectivity index (χ3n) is 4.82. The van der Waals surface area contributed by atoms with Crippen molar-refractivity contribution in [2.75, 3.05) is 22.8 Å². The summed E-state index contributed by atoms with van der Waals surface area (Å²) >= 11 is 1.60. The molecule has 0 fully saturated rings. The quantitative estimate of drug-likeness (QED) is 0.284. The molecule has 5 nitrogen and oxygen atoms in total. The van der Waals surface area contributed by atoms with Gasteiger partial charge < -0.3 is 14.6 Å². The highest BCUT2D eigenvalue weighted by Gasteiger charge is 2.21. The molecule has 0 unspecified atom stereocenters.